The second kappa shape index (κ2) is 5.97. The second-order valence-electron chi connectivity index (χ2n) is 5.10. The molecule has 1 aromatic rings. The summed E-state index contributed by atoms with van der Waals surface area (Å²) >= 11 is 0. The van der Waals surface area contributed by atoms with Crippen LogP contribution in [0.1, 0.15) is 36.0 Å². The van der Waals surface area contributed by atoms with Crippen LogP contribution >= 0.6 is 0 Å². The Morgan fingerprint density at radius 3 is 2.65 bits per heavy atom. The minimum Gasteiger partial charge on any atom is -0.306 e. The molecule has 0 atom stereocenters. The van der Waals surface area contributed by atoms with Gasteiger partial charge in [0.15, 0.2) is 5.78 Å². The second-order valence-corrected chi connectivity index (χ2v) is 5.10. The molecule has 0 aliphatic heterocycles. The molecular weight excluding hydrogens is 210 g/mol. The van der Waals surface area contributed by atoms with E-state index in [4.69, 9.17) is 0 Å². The molecule has 0 unspecified atom stereocenters. The maximum absolute atomic E-state index is 11.8. The van der Waals surface area contributed by atoms with Gasteiger partial charge in [-0.25, -0.2) is 0 Å². The van der Waals surface area contributed by atoms with Gasteiger partial charge in [0.05, 0.1) is 0 Å². The zero-order valence-corrected chi connectivity index (χ0v) is 10.6. The molecule has 1 aliphatic rings. The minimum absolute atomic E-state index is 0.269. The molecule has 92 valence electrons. The highest BCUT2D eigenvalue weighted by molar-refractivity contribution is 5.95. The highest BCUT2D eigenvalue weighted by atomic mass is 16.1. The first kappa shape index (κ1) is 12.3. The quantitative estimate of drug-likeness (QED) is 0.672. The molecule has 0 saturated heterocycles. The van der Waals surface area contributed by atoms with E-state index >= 15 is 0 Å². The number of ketones is 1. The highest BCUT2D eigenvalue weighted by Gasteiger charge is 2.22. The molecule has 2 nitrogen and oxygen atoms in total. The van der Waals surface area contributed by atoms with Crippen molar-refractivity contribution in [2.24, 2.45) is 5.92 Å². The van der Waals surface area contributed by atoms with Crippen LogP contribution in [0.15, 0.2) is 30.3 Å². The van der Waals surface area contributed by atoms with Crippen LogP contribution in [0.2, 0.25) is 0 Å². The minimum atomic E-state index is 0.269. The van der Waals surface area contributed by atoms with Crippen LogP contribution < -0.4 is 0 Å². The molecule has 0 spiro atoms. The first-order chi connectivity index (χ1) is 8.25. The van der Waals surface area contributed by atoms with Crippen LogP contribution in [-0.2, 0) is 0 Å². The molecular formula is C15H21NO. The Hall–Kier alpha value is -1.15. The predicted octanol–water partition coefficient (Wildman–Crippen LogP) is 2.99. The van der Waals surface area contributed by atoms with Crippen LogP contribution in [0.5, 0.6) is 0 Å². The van der Waals surface area contributed by atoms with Gasteiger partial charge in [-0.2, -0.15) is 0 Å². The number of hydrogen-bond acceptors (Lipinski definition) is 2. The summed E-state index contributed by atoms with van der Waals surface area (Å²) in [5.74, 6) is 1.20. The fourth-order valence-electron chi connectivity index (χ4n) is 2.11. The van der Waals surface area contributed by atoms with Gasteiger partial charge in [-0.3, -0.25) is 4.79 Å². The molecule has 1 fully saturated rings. The molecule has 0 N–H and O–H groups in total. The zero-order chi connectivity index (χ0) is 12.1. The largest absolute Gasteiger partial charge is 0.306 e. The third-order valence-electron chi connectivity index (χ3n) is 3.31. The summed E-state index contributed by atoms with van der Waals surface area (Å²) < 4.78 is 0. The Morgan fingerprint density at radius 2 is 2.00 bits per heavy atom. The van der Waals surface area contributed by atoms with Gasteiger partial charge in [0.2, 0.25) is 0 Å². The number of nitrogens with zero attached hydrogens (tertiary/aromatic N) is 1. The van der Waals surface area contributed by atoms with Gasteiger partial charge >= 0.3 is 0 Å². The van der Waals surface area contributed by atoms with E-state index in [1.807, 2.05) is 30.3 Å². The van der Waals surface area contributed by atoms with Gasteiger partial charge in [0.1, 0.15) is 0 Å². The Labute approximate surface area is 104 Å². The lowest BCUT2D eigenvalue weighted by Crippen LogP contribution is -2.22. The van der Waals surface area contributed by atoms with Crippen LogP contribution in [0, 0.1) is 5.92 Å². The Morgan fingerprint density at radius 1 is 1.29 bits per heavy atom. The fourth-order valence-corrected chi connectivity index (χ4v) is 2.11. The van der Waals surface area contributed by atoms with Crippen molar-refractivity contribution in [1.82, 2.24) is 4.90 Å². The monoisotopic (exact) mass is 231 g/mol. The molecule has 0 bridgehead atoms. The van der Waals surface area contributed by atoms with Crippen molar-refractivity contribution in [1.29, 1.82) is 0 Å². The molecule has 0 radical (unpaired) electrons. The van der Waals surface area contributed by atoms with Crippen molar-refractivity contribution in [3.63, 3.8) is 0 Å². The number of hydrogen-bond donors (Lipinski definition) is 0. The number of carbonyl (C=O) groups excluding carboxylic acids is 1. The Kier molecular flexibility index (Phi) is 4.32. The number of rotatable bonds is 7. The third kappa shape index (κ3) is 4.31. The number of Topliss-reactive ketones (excluding diaryl/α,β-unsaturated/α-hetero) is 1. The highest BCUT2D eigenvalue weighted by Crippen LogP contribution is 2.29. The van der Waals surface area contributed by atoms with Gasteiger partial charge in [-0.05, 0) is 38.8 Å². The van der Waals surface area contributed by atoms with E-state index in [2.05, 4.69) is 11.9 Å². The Balaban J connectivity index is 1.65. The smallest absolute Gasteiger partial charge is 0.162 e. The number of carbonyl (C=O) groups is 1. The first-order valence-electron chi connectivity index (χ1n) is 6.52. The van der Waals surface area contributed by atoms with Crippen LogP contribution in [0.3, 0.4) is 0 Å². The SMILES string of the molecule is CN(CCCC(=O)c1ccccc1)CC1CC1. The third-order valence-corrected chi connectivity index (χ3v) is 3.31. The van der Waals surface area contributed by atoms with E-state index < -0.39 is 0 Å². The summed E-state index contributed by atoms with van der Waals surface area (Å²) in [4.78, 5) is 14.2. The fraction of sp³-hybridized carbons (Fsp3) is 0.533. The van der Waals surface area contributed by atoms with E-state index in [1.54, 1.807) is 0 Å². The van der Waals surface area contributed by atoms with Crippen molar-refractivity contribution in [3.05, 3.63) is 35.9 Å². The lowest BCUT2D eigenvalue weighted by molar-refractivity contribution is 0.0976. The molecule has 1 aliphatic carbocycles. The molecule has 2 heteroatoms. The van der Waals surface area contributed by atoms with E-state index in [1.165, 1.54) is 19.4 Å². The van der Waals surface area contributed by atoms with Crippen molar-refractivity contribution in [3.8, 4) is 0 Å². The van der Waals surface area contributed by atoms with Crippen molar-refractivity contribution in [2.45, 2.75) is 25.7 Å². The van der Waals surface area contributed by atoms with Crippen molar-refractivity contribution < 1.29 is 4.79 Å². The first-order valence-corrected chi connectivity index (χ1v) is 6.52. The summed E-state index contributed by atoms with van der Waals surface area (Å²) in [6.07, 6.45) is 4.43. The van der Waals surface area contributed by atoms with E-state index in [0.29, 0.717) is 6.42 Å². The lowest BCUT2D eigenvalue weighted by Gasteiger charge is -2.15. The van der Waals surface area contributed by atoms with Crippen molar-refractivity contribution >= 4 is 5.78 Å². The van der Waals surface area contributed by atoms with Crippen molar-refractivity contribution in [2.75, 3.05) is 20.1 Å². The van der Waals surface area contributed by atoms with E-state index in [0.717, 1.165) is 24.4 Å². The number of benzene rings is 1. The molecule has 17 heavy (non-hydrogen) atoms. The van der Waals surface area contributed by atoms with Gasteiger partial charge in [0.25, 0.3) is 0 Å². The summed E-state index contributed by atoms with van der Waals surface area (Å²) in [6.45, 7) is 2.24. The van der Waals surface area contributed by atoms with Gasteiger partial charge in [-0.15, -0.1) is 0 Å². The average Bonchev–Trinajstić information content (AvgIpc) is 3.14. The Bertz CT molecular complexity index is 356. The van der Waals surface area contributed by atoms with Gasteiger partial charge in [0, 0.05) is 18.5 Å². The molecule has 0 heterocycles. The molecule has 1 aromatic carbocycles. The normalized spacial score (nSPS) is 15.2. The van der Waals surface area contributed by atoms with Gasteiger partial charge in [-0.1, -0.05) is 30.3 Å². The van der Waals surface area contributed by atoms with E-state index in [9.17, 15) is 4.79 Å². The summed E-state index contributed by atoms with van der Waals surface area (Å²) in [7, 11) is 2.16. The van der Waals surface area contributed by atoms with Crippen LogP contribution in [-0.4, -0.2) is 30.8 Å². The summed E-state index contributed by atoms with van der Waals surface area (Å²) in [5, 5.41) is 0. The van der Waals surface area contributed by atoms with Gasteiger partial charge < -0.3 is 4.90 Å². The predicted molar refractivity (Wildman–Crippen MR) is 70.2 cm³/mol. The maximum atomic E-state index is 11.8. The molecule has 0 amide bonds. The lowest BCUT2D eigenvalue weighted by atomic mass is 10.1. The molecule has 1 saturated carbocycles. The zero-order valence-electron chi connectivity index (χ0n) is 10.6. The maximum Gasteiger partial charge on any atom is 0.162 e. The standard InChI is InChI=1S/C15H21NO/c1-16(12-13-9-10-13)11-5-8-15(17)14-6-3-2-4-7-14/h2-4,6-7,13H,5,8-12H2,1H3. The summed E-state index contributed by atoms with van der Waals surface area (Å²) in [6, 6.07) is 9.59. The van der Waals surface area contributed by atoms with Crippen LogP contribution in [0.4, 0.5) is 0 Å². The van der Waals surface area contributed by atoms with Crippen LogP contribution in [0.25, 0.3) is 0 Å². The average molecular weight is 231 g/mol. The van der Waals surface area contributed by atoms with E-state index in [-0.39, 0.29) is 5.78 Å². The molecule has 0 aromatic heterocycles. The molecule has 2 rings (SSSR count). The topological polar surface area (TPSA) is 20.3 Å². The summed E-state index contributed by atoms with van der Waals surface area (Å²) in [5.41, 5.74) is 0.845.